The van der Waals surface area contributed by atoms with E-state index in [1.807, 2.05) is 6.07 Å². The maximum Gasteiger partial charge on any atom is 0.0320 e. The Balaban J connectivity index is 2.13. The highest BCUT2D eigenvalue weighted by Gasteiger charge is 2.35. The molecule has 1 nitrogen and oxygen atoms in total. The summed E-state index contributed by atoms with van der Waals surface area (Å²) < 4.78 is 0. The van der Waals surface area contributed by atoms with Crippen molar-refractivity contribution in [1.29, 1.82) is 0 Å². The molecule has 20 heavy (non-hydrogen) atoms. The third-order valence-electron chi connectivity index (χ3n) is 4.57. The molecule has 0 heterocycles. The molecular formula is C19H17N. The van der Waals surface area contributed by atoms with Crippen LogP contribution in [-0.2, 0) is 5.41 Å². The van der Waals surface area contributed by atoms with Gasteiger partial charge in [0.15, 0.2) is 0 Å². The molecule has 0 spiro atoms. The van der Waals surface area contributed by atoms with Crippen LogP contribution in [0.4, 0.5) is 5.69 Å². The number of nitrogens with two attached hydrogens (primary N) is 1. The number of hydrogen-bond acceptors (Lipinski definition) is 1. The lowest BCUT2D eigenvalue weighted by Gasteiger charge is -2.21. The van der Waals surface area contributed by atoms with E-state index in [4.69, 9.17) is 5.73 Å². The molecule has 0 fully saturated rings. The monoisotopic (exact) mass is 259 g/mol. The Hall–Kier alpha value is -2.28. The molecule has 0 amide bonds. The van der Waals surface area contributed by atoms with Gasteiger partial charge in [-0.15, -0.1) is 0 Å². The van der Waals surface area contributed by atoms with E-state index < -0.39 is 0 Å². The molecule has 2 N–H and O–H groups in total. The Morgan fingerprint density at radius 1 is 0.750 bits per heavy atom. The molecule has 1 aliphatic rings. The predicted molar refractivity (Wildman–Crippen MR) is 85.9 cm³/mol. The summed E-state index contributed by atoms with van der Waals surface area (Å²) in [4.78, 5) is 0. The first kappa shape index (κ1) is 11.5. The van der Waals surface area contributed by atoms with Gasteiger partial charge in [-0.2, -0.15) is 0 Å². The quantitative estimate of drug-likeness (QED) is 0.580. The van der Waals surface area contributed by atoms with E-state index in [1.54, 1.807) is 0 Å². The molecule has 4 rings (SSSR count). The lowest BCUT2D eigenvalue weighted by Crippen LogP contribution is -2.14. The highest BCUT2D eigenvalue weighted by Crippen LogP contribution is 2.50. The molecule has 0 aliphatic heterocycles. The minimum absolute atomic E-state index is 0.0440. The highest BCUT2D eigenvalue weighted by molar-refractivity contribution is 5.94. The number of fused-ring (bicyclic) bond motifs is 4. The van der Waals surface area contributed by atoms with E-state index >= 15 is 0 Å². The van der Waals surface area contributed by atoms with Crippen molar-refractivity contribution in [2.75, 3.05) is 5.73 Å². The second-order valence-corrected chi connectivity index (χ2v) is 6.17. The average Bonchev–Trinajstić information content (AvgIpc) is 2.65. The van der Waals surface area contributed by atoms with Crippen LogP contribution in [0, 0.1) is 0 Å². The van der Waals surface area contributed by atoms with Crippen molar-refractivity contribution in [2.45, 2.75) is 19.3 Å². The summed E-state index contributed by atoms with van der Waals surface area (Å²) in [5.74, 6) is 0. The first-order valence-corrected chi connectivity index (χ1v) is 7.01. The summed E-state index contributed by atoms with van der Waals surface area (Å²) in [6, 6.07) is 19.5. The Morgan fingerprint density at radius 2 is 1.40 bits per heavy atom. The Bertz CT molecular complexity index is 844. The first-order chi connectivity index (χ1) is 9.57. The first-order valence-electron chi connectivity index (χ1n) is 7.01. The molecule has 3 aromatic rings. The van der Waals surface area contributed by atoms with Crippen LogP contribution in [0.25, 0.3) is 21.9 Å². The second-order valence-electron chi connectivity index (χ2n) is 6.17. The van der Waals surface area contributed by atoms with Crippen LogP contribution in [0.5, 0.6) is 0 Å². The molecule has 0 aromatic heterocycles. The number of rotatable bonds is 0. The van der Waals surface area contributed by atoms with Crippen molar-refractivity contribution in [3.05, 3.63) is 65.7 Å². The normalized spacial score (nSPS) is 15.1. The third-order valence-corrected chi connectivity index (χ3v) is 4.57. The van der Waals surface area contributed by atoms with E-state index in [9.17, 15) is 0 Å². The van der Waals surface area contributed by atoms with Gasteiger partial charge in [-0.05, 0) is 57.3 Å². The van der Waals surface area contributed by atoms with Gasteiger partial charge >= 0.3 is 0 Å². The van der Waals surface area contributed by atoms with Gasteiger partial charge in [-0.1, -0.05) is 44.2 Å². The molecule has 0 saturated carbocycles. The molecule has 0 bridgehead atoms. The minimum Gasteiger partial charge on any atom is -0.399 e. The molecule has 0 atom stereocenters. The molecule has 0 unspecified atom stereocenters. The van der Waals surface area contributed by atoms with Crippen LogP contribution in [0.3, 0.4) is 0 Å². The van der Waals surface area contributed by atoms with Crippen molar-refractivity contribution < 1.29 is 0 Å². The lowest BCUT2D eigenvalue weighted by atomic mass is 9.82. The summed E-state index contributed by atoms with van der Waals surface area (Å²) in [6.07, 6.45) is 0. The van der Waals surface area contributed by atoms with Gasteiger partial charge in [-0.25, -0.2) is 0 Å². The summed E-state index contributed by atoms with van der Waals surface area (Å²) in [5.41, 5.74) is 12.3. The second kappa shape index (κ2) is 3.63. The Morgan fingerprint density at radius 3 is 2.15 bits per heavy atom. The van der Waals surface area contributed by atoms with Gasteiger partial charge in [0.1, 0.15) is 0 Å². The zero-order valence-electron chi connectivity index (χ0n) is 11.8. The van der Waals surface area contributed by atoms with E-state index in [1.165, 1.54) is 33.0 Å². The van der Waals surface area contributed by atoms with Gasteiger partial charge in [0.2, 0.25) is 0 Å². The van der Waals surface area contributed by atoms with Crippen molar-refractivity contribution >= 4 is 16.5 Å². The van der Waals surface area contributed by atoms with E-state index in [2.05, 4.69) is 62.4 Å². The summed E-state index contributed by atoms with van der Waals surface area (Å²) in [7, 11) is 0. The van der Waals surface area contributed by atoms with Gasteiger partial charge in [0, 0.05) is 11.1 Å². The van der Waals surface area contributed by atoms with Crippen LogP contribution >= 0.6 is 0 Å². The third kappa shape index (κ3) is 1.38. The number of nitrogen functional groups attached to an aromatic ring is 1. The van der Waals surface area contributed by atoms with Gasteiger partial charge < -0.3 is 5.73 Å². The molecule has 1 heteroatoms. The van der Waals surface area contributed by atoms with Crippen LogP contribution in [0.2, 0.25) is 0 Å². The van der Waals surface area contributed by atoms with Crippen molar-refractivity contribution in [3.8, 4) is 11.1 Å². The minimum atomic E-state index is 0.0440. The summed E-state index contributed by atoms with van der Waals surface area (Å²) in [5, 5.41) is 2.59. The zero-order chi connectivity index (χ0) is 13.9. The molecule has 98 valence electrons. The number of benzene rings is 3. The molecule has 0 saturated heterocycles. The summed E-state index contributed by atoms with van der Waals surface area (Å²) in [6.45, 7) is 4.59. The lowest BCUT2D eigenvalue weighted by molar-refractivity contribution is 0.661. The van der Waals surface area contributed by atoms with Gasteiger partial charge in [0.05, 0.1) is 0 Å². The fourth-order valence-corrected chi connectivity index (χ4v) is 3.46. The standard InChI is InChI=1S/C19H17N/c1-19(2)17-8-7-14(20)11-16(17)15-9-12-5-3-4-6-13(12)10-18(15)19/h3-11H,20H2,1-2H3. The van der Waals surface area contributed by atoms with Crippen LogP contribution in [0.15, 0.2) is 54.6 Å². The van der Waals surface area contributed by atoms with Crippen molar-refractivity contribution in [3.63, 3.8) is 0 Å². The highest BCUT2D eigenvalue weighted by atomic mass is 14.5. The van der Waals surface area contributed by atoms with Crippen molar-refractivity contribution in [2.24, 2.45) is 0 Å². The van der Waals surface area contributed by atoms with E-state index in [-0.39, 0.29) is 5.41 Å². The zero-order valence-corrected chi connectivity index (χ0v) is 11.8. The van der Waals surface area contributed by atoms with E-state index in [0.717, 1.165) is 5.69 Å². The van der Waals surface area contributed by atoms with Crippen LogP contribution in [0.1, 0.15) is 25.0 Å². The topological polar surface area (TPSA) is 26.0 Å². The predicted octanol–water partition coefficient (Wildman–Crippen LogP) is 4.73. The molecule has 3 aromatic carbocycles. The summed E-state index contributed by atoms with van der Waals surface area (Å²) >= 11 is 0. The SMILES string of the molecule is CC1(C)c2ccc(N)cc2-c2cc3ccccc3cc21. The number of hydrogen-bond donors (Lipinski definition) is 1. The Kier molecular flexibility index (Phi) is 2.10. The van der Waals surface area contributed by atoms with Crippen LogP contribution < -0.4 is 5.73 Å². The molecular weight excluding hydrogens is 242 g/mol. The van der Waals surface area contributed by atoms with E-state index in [0.29, 0.717) is 0 Å². The Labute approximate surface area is 119 Å². The fourth-order valence-electron chi connectivity index (χ4n) is 3.46. The smallest absolute Gasteiger partial charge is 0.0320 e. The fraction of sp³-hybridized carbons (Fsp3) is 0.158. The van der Waals surface area contributed by atoms with Crippen LogP contribution in [-0.4, -0.2) is 0 Å². The maximum absolute atomic E-state index is 5.99. The van der Waals surface area contributed by atoms with Crippen molar-refractivity contribution in [1.82, 2.24) is 0 Å². The van der Waals surface area contributed by atoms with Gasteiger partial charge in [-0.3, -0.25) is 0 Å². The largest absolute Gasteiger partial charge is 0.399 e. The maximum atomic E-state index is 5.99. The van der Waals surface area contributed by atoms with Gasteiger partial charge in [0.25, 0.3) is 0 Å². The molecule has 1 aliphatic carbocycles. The number of anilines is 1. The average molecular weight is 259 g/mol. The molecule has 0 radical (unpaired) electrons.